The minimum absolute atomic E-state index is 0.381. The summed E-state index contributed by atoms with van der Waals surface area (Å²) in [6.07, 6.45) is 4.47. The van der Waals surface area contributed by atoms with Crippen LogP contribution in [0.4, 0.5) is 0 Å². The first kappa shape index (κ1) is 10.7. The zero-order valence-electron chi connectivity index (χ0n) is 8.97. The van der Waals surface area contributed by atoms with Gasteiger partial charge >= 0.3 is 0 Å². The SMILES string of the molecule is C=CCN1CCNCC1(CC)CC. The van der Waals surface area contributed by atoms with E-state index in [1.807, 2.05) is 6.08 Å². The predicted octanol–water partition coefficient (Wildman–Crippen LogP) is 1.64. The third-order valence-electron chi connectivity index (χ3n) is 3.35. The Morgan fingerprint density at radius 3 is 2.69 bits per heavy atom. The fourth-order valence-corrected chi connectivity index (χ4v) is 2.27. The van der Waals surface area contributed by atoms with E-state index in [9.17, 15) is 0 Å². The molecular weight excluding hydrogens is 160 g/mol. The first-order valence-electron chi connectivity index (χ1n) is 5.35. The molecule has 1 N–H and O–H groups in total. The Morgan fingerprint density at radius 2 is 2.15 bits per heavy atom. The third-order valence-corrected chi connectivity index (χ3v) is 3.35. The predicted molar refractivity (Wildman–Crippen MR) is 58.0 cm³/mol. The highest BCUT2D eigenvalue weighted by molar-refractivity contribution is 4.96. The topological polar surface area (TPSA) is 15.3 Å². The van der Waals surface area contributed by atoms with Crippen LogP contribution in [-0.2, 0) is 0 Å². The van der Waals surface area contributed by atoms with Crippen molar-refractivity contribution in [3.63, 3.8) is 0 Å². The zero-order chi connectivity index (χ0) is 9.73. The molecule has 1 saturated heterocycles. The van der Waals surface area contributed by atoms with Crippen molar-refractivity contribution in [3.05, 3.63) is 12.7 Å². The molecule has 0 aromatic rings. The van der Waals surface area contributed by atoms with Gasteiger partial charge in [0.25, 0.3) is 0 Å². The molecule has 2 heteroatoms. The second kappa shape index (κ2) is 4.77. The summed E-state index contributed by atoms with van der Waals surface area (Å²) in [6, 6.07) is 0. The molecule has 0 unspecified atom stereocenters. The van der Waals surface area contributed by atoms with E-state index in [-0.39, 0.29) is 0 Å². The maximum atomic E-state index is 3.83. The second-order valence-corrected chi connectivity index (χ2v) is 3.84. The van der Waals surface area contributed by atoms with Gasteiger partial charge in [0.05, 0.1) is 0 Å². The van der Waals surface area contributed by atoms with E-state index in [2.05, 4.69) is 30.6 Å². The van der Waals surface area contributed by atoms with Crippen molar-refractivity contribution >= 4 is 0 Å². The molecule has 1 rings (SSSR count). The van der Waals surface area contributed by atoms with Crippen molar-refractivity contribution in [2.45, 2.75) is 32.2 Å². The Balaban J connectivity index is 2.68. The average molecular weight is 182 g/mol. The number of hydrogen-bond donors (Lipinski definition) is 1. The van der Waals surface area contributed by atoms with Crippen LogP contribution in [0.5, 0.6) is 0 Å². The molecule has 1 fully saturated rings. The molecular formula is C11H22N2. The molecule has 0 spiro atoms. The van der Waals surface area contributed by atoms with Gasteiger partial charge in [-0.05, 0) is 12.8 Å². The molecule has 13 heavy (non-hydrogen) atoms. The van der Waals surface area contributed by atoms with Crippen molar-refractivity contribution < 1.29 is 0 Å². The van der Waals surface area contributed by atoms with Gasteiger partial charge in [0.1, 0.15) is 0 Å². The zero-order valence-corrected chi connectivity index (χ0v) is 8.97. The normalized spacial score (nSPS) is 22.9. The summed E-state index contributed by atoms with van der Waals surface area (Å²) in [7, 11) is 0. The van der Waals surface area contributed by atoms with Gasteiger partial charge in [-0.15, -0.1) is 6.58 Å². The van der Waals surface area contributed by atoms with Crippen molar-refractivity contribution in [2.75, 3.05) is 26.2 Å². The van der Waals surface area contributed by atoms with Gasteiger partial charge in [0.15, 0.2) is 0 Å². The molecule has 76 valence electrons. The Kier molecular flexibility index (Phi) is 3.94. The maximum absolute atomic E-state index is 3.83. The molecule has 2 nitrogen and oxygen atoms in total. The van der Waals surface area contributed by atoms with Gasteiger partial charge in [-0.25, -0.2) is 0 Å². The van der Waals surface area contributed by atoms with Crippen molar-refractivity contribution in [3.8, 4) is 0 Å². The molecule has 0 saturated carbocycles. The van der Waals surface area contributed by atoms with Crippen LogP contribution in [0.1, 0.15) is 26.7 Å². The quantitative estimate of drug-likeness (QED) is 0.665. The van der Waals surface area contributed by atoms with Crippen molar-refractivity contribution in [2.24, 2.45) is 0 Å². The first-order chi connectivity index (χ1) is 6.29. The van der Waals surface area contributed by atoms with Crippen LogP contribution in [0.25, 0.3) is 0 Å². The number of nitrogens with one attached hydrogen (secondary N) is 1. The van der Waals surface area contributed by atoms with Crippen LogP contribution in [-0.4, -0.2) is 36.6 Å². The highest BCUT2D eigenvalue weighted by Crippen LogP contribution is 2.24. The second-order valence-electron chi connectivity index (χ2n) is 3.84. The van der Waals surface area contributed by atoms with E-state index in [0.29, 0.717) is 5.54 Å². The van der Waals surface area contributed by atoms with E-state index in [4.69, 9.17) is 0 Å². The molecule has 1 aliphatic rings. The first-order valence-corrected chi connectivity index (χ1v) is 5.35. The lowest BCUT2D eigenvalue weighted by Crippen LogP contribution is -2.60. The summed E-state index contributed by atoms with van der Waals surface area (Å²) < 4.78 is 0. The van der Waals surface area contributed by atoms with Gasteiger partial charge in [-0.2, -0.15) is 0 Å². The molecule has 0 aromatic heterocycles. The Bertz CT molecular complexity index is 161. The fraction of sp³-hybridized carbons (Fsp3) is 0.818. The summed E-state index contributed by atoms with van der Waals surface area (Å²) >= 11 is 0. The summed E-state index contributed by atoms with van der Waals surface area (Å²) in [6.45, 7) is 12.8. The van der Waals surface area contributed by atoms with Crippen LogP contribution >= 0.6 is 0 Å². The molecule has 0 aromatic carbocycles. The van der Waals surface area contributed by atoms with E-state index >= 15 is 0 Å². The van der Waals surface area contributed by atoms with Gasteiger partial charge in [-0.3, -0.25) is 4.90 Å². The molecule has 0 aliphatic carbocycles. The molecule has 0 atom stereocenters. The minimum Gasteiger partial charge on any atom is -0.314 e. The Morgan fingerprint density at radius 1 is 1.46 bits per heavy atom. The standard InChI is InChI=1S/C11H22N2/c1-4-8-13-9-7-12-10-11(13,5-2)6-3/h4,12H,1,5-10H2,2-3H3. The molecule has 1 heterocycles. The van der Waals surface area contributed by atoms with Crippen LogP contribution in [0.15, 0.2) is 12.7 Å². The number of nitrogens with zero attached hydrogens (tertiary/aromatic N) is 1. The molecule has 0 amide bonds. The van der Waals surface area contributed by atoms with Gasteiger partial charge in [0.2, 0.25) is 0 Å². The molecule has 1 aliphatic heterocycles. The Labute approximate surface area is 82.0 Å². The lowest BCUT2D eigenvalue weighted by molar-refractivity contribution is 0.0640. The number of piperazine rings is 1. The monoisotopic (exact) mass is 182 g/mol. The van der Waals surface area contributed by atoms with E-state index in [1.165, 1.54) is 12.8 Å². The fourth-order valence-electron chi connectivity index (χ4n) is 2.27. The molecule has 0 radical (unpaired) electrons. The van der Waals surface area contributed by atoms with E-state index in [1.54, 1.807) is 0 Å². The van der Waals surface area contributed by atoms with E-state index in [0.717, 1.165) is 26.2 Å². The number of hydrogen-bond acceptors (Lipinski definition) is 2. The number of rotatable bonds is 4. The highest BCUT2D eigenvalue weighted by Gasteiger charge is 2.34. The summed E-state index contributed by atoms with van der Waals surface area (Å²) in [5.74, 6) is 0. The summed E-state index contributed by atoms with van der Waals surface area (Å²) in [4.78, 5) is 2.57. The lowest BCUT2D eigenvalue weighted by atomic mass is 9.88. The Hall–Kier alpha value is -0.340. The smallest absolute Gasteiger partial charge is 0.0332 e. The summed E-state index contributed by atoms with van der Waals surface area (Å²) in [5.41, 5.74) is 0.381. The van der Waals surface area contributed by atoms with Crippen LogP contribution in [0.2, 0.25) is 0 Å². The van der Waals surface area contributed by atoms with Crippen LogP contribution < -0.4 is 5.32 Å². The third kappa shape index (κ3) is 2.12. The van der Waals surface area contributed by atoms with Crippen molar-refractivity contribution in [1.82, 2.24) is 10.2 Å². The maximum Gasteiger partial charge on any atom is 0.0332 e. The van der Waals surface area contributed by atoms with Crippen LogP contribution in [0.3, 0.4) is 0 Å². The summed E-state index contributed by atoms with van der Waals surface area (Å²) in [5, 5.41) is 3.49. The average Bonchev–Trinajstić information content (AvgIpc) is 2.20. The molecule has 0 bridgehead atoms. The minimum atomic E-state index is 0.381. The van der Waals surface area contributed by atoms with Crippen molar-refractivity contribution in [1.29, 1.82) is 0 Å². The highest BCUT2D eigenvalue weighted by atomic mass is 15.3. The van der Waals surface area contributed by atoms with E-state index < -0.39 is 0 Å². The van der Waals surface area contributed by atoms with Gasteiger partial charge in [-0.1, -0.05) is 19.9 Å². The lowest BCUT2D eigenvalue weighted by Gasteiger charge is -2.46. The largest absolute Gasteiger partial charge is 0.314 e. The van der Waals surface area contributed by atoms with Gasteiger partial charge < -0.3 is 5.32 Å². The van der Waals surface area contributed by atoms with Crippen LogP contribution in [0, 0.1) is 0 Å². The van der Waals surface area contributed by atoms with Gasteiger partial charge in [0, 0.05) is 31.7 Å².